The Labute approximate surface area is 132 Å². The van der Waals surface area contributed by atoms with Crippen molar-refractivity contribution in [2.24, 2.45) is 0 Å². The van der Waals surface area contributed by atoms with Crippen molar-refractivity contribution in [3.05, 3.63) is 35.4 Å². The molecule has 2 aliphatic heterocycles. The summed E-state index contributed by atoms with van der Waals surface area (Å²) in [6.45, 7) is 3.37. The molecule has 4 rings (SSSR count). The van der Waals surface area contributed by atoms with Crippen molar-refractivity contribution in [2.45, 2.75) is 50.1 Å². The van der Waals surface area contributed by atoms with Gasteiger partial charge in [0, 0.05) is 0 Å². The third kappa shape index (κ3) is 1.91. The van der Waals surface area contributed by atoms with E-state index >= 15 is 0 Å². The van der Waals surface area contributed by atoms with E-state index in [0.717, 1.165) is 4.90 Å². The summed E-state index contributed by atoms with van der Waals surface area (Å²) in [6, 6.07) is 5.51. The second kappa shape index (κ2) is 4.61. The van der Waals surface area contributed by atoms with Crippen LogP contribution in [0.5, 0.6) is 0 Å². The third-order valence-corrected chi connectivity index (χ3v) is 4.66. The van der Waals surface area contributed by atoms with Gasteiger partial charge in [-0.1, -0.05) is 12.1 Å². The van der Waals surface area contributed by atoms with Crippen LogP contribution in [0.3, 0.4) is 0 Å². The summed E-state index contributed by atoms with van der Waals surface area (Å²) < 4.78 is 11.4. The van der Waals surface area contributed by atoms with Gasteiger partial charge in [-0.3, -0.25) is 14.5 Å². The van der Waals surface area contributed by atoms with Crippen LogP contribution in [0.4, 0.5) is 0 Å². The first-order valence-electron chi connectivity index (χ1n) is 7.50. The van der Waals surface area contributed by atoms with Crippen LogP contribution < -0.4 is 0 Å². The molecule has 1 aromatic carbocycles. The lowest BCUT2D eigenvalue weighted by Crippen LogP contribution is -2.52. The maximum atomic E-state index is 12.6. The number of hydrogen-bond donors (Lipinski definition) is 2. The molecule has 0 radical (unpaired) electrons. The molecular weight excluding hydrogens is 302 g/mol. The highest BCUT2D eigenvalue weighted by Crippen LogP contribution is 2.42. The molecule has 3 aliphatic rings. The molecule has 2 fully saturated rings. The Morgan fingerprint density at radius 3 is 2.04 bits per heavy atom. The molecule has 5 atom stereocenters. The standard InChI is InChI=1S/C16H17NO6/c1-16(2)22-12-9(10(18)11(19)13(12)23-16)17-14(20)7-5-3-4-6-8(7)15(17)21/h3-6,9-13,18-19H,1-2H3. The highest BCUT2D eigenvalue weighted by Gasteiger charge is 2.62. The number of hydrogen-bond acceptors (Lipinski definition) is 6. The number of aliphatic hydroxyl groups excluding tert-OH is 2. The Morgan fingerprint density at radius 2 is 1.48 bits per heavy atom. The number of fused-ring (bicyclic) bond motifs is 2. The molecule has 7 heteroatoms. The minimum atomic E-state index is -1.32. The second-order valence-corrected chi connectivity index (χ2v) is 6.56. The van der Waals surface area contributed by atoms with E-state index in [2.05, 4.69) is 0 Å². The molecular formula is C16H17NO6. The highest BCUT2D eigenvalue weighted by atomic mass is 16.8. The van der Waals surface area contributed by atoms with Crippen molar-refractivity contribution in [3.8, 4) is 0 Å². The first kappa shape index (κ1) is 14.8. The fourth-order valence-corrected chi connectivity index (χ4v) is 3.71. The highest BCUT2D eigenvalue weighted by molar-refractivity contribution is 6.21. The van der Waals surface area contributed by atoms with Crippen LogP contribution in [0.25, 0.3) is 0 Å². The molecule has 0 spiro atoms. The predicted octanol–water partition coefficient (Wildman–Crippen LogP) is -0.0933. The Hall–Kier alpha value is -1.80. The van der Waals surface area contributed by atoms with Gasteiger partial charge >= 0.3 is 0 Å². The normalized spacial score (nSPS) is 38.1. The topological polar surface area (TPSA) is 96.3 Å². The zero-order valence-electron chi connectivity index (χ0n) is 12.7. The molecule has 5 unspecified atom stereocenters. The molecule has 2 N–H and O–H groups in total. The smallest absolute Gasteiger partial charge is 0.261 e. The Morgan fingerprint density at radius 1 is 0.957 bits per heavy atom. The molecule has 2 amide bonds. The summed E-state index contributed by atoms with van der Waals surface area (Å²) in [7, 11) is 0. The minimum Gasteiger partial charge on any atom is -0.388 e. The quantitative estimate of drug-likeness (QED) is 0.702. The largest absolute Gasteiger partial charge is 0.388 e. The molecule has 0 aromatic heterocycles. The van der Waals surface area contributed by atoms with Crippen LogP contribution in [0.2, 0.25) is 0 Å². The Kier molecular flexibility index (Phi) is 2.96. The lowest BCUT2D eigenvalue weighted by atomic mass is 10.1. The monoisotopic (exact) mass is 319 g/mol. The maximum Gasteiger partial charge on any atom is 0.261 e. The first-order chi connectivity index (χ1) is 10.8. The van der Waals surface area contributed by atoms with E-state index in [1.807, 2.05) is 0 Å². The summed E-state index contributed by atoms with van der Waals surface area (Å²) in [4.78, 5) is 26.2. The molecule has 23 heavy (non-hydrogen) atoms. The second-order valence-electron chi connectivity index (χ2n) is 6.56. The lowest BCUT2D eigenvalue weighted by molar-refractivity contribution is -0.179. The summed E-state index contributed by atoms with van der Waals surface area (Å²) in [5, 5.41) is 20.6. The van der Waals surface area contributed by atoms with Crippen LogP contribution in [-0.4, -0.2) is 63.2 Å². The van der Waals surface area contributed by atoms with Gasteiger partial charge in [-0.15, -0.1) is 0 Å². The van der Waals surface area contributed by atoms with Crippen LogP contribution in [0.15, 0.2) is 24.3 Å². The van der Waals surface area contributed by atoms with Crippen LogP contribution in [0, 0.1) is 0 Å². The number of rotatable bonds is 1. The maximum absolute atomic E-state index is 12.6. The summed E-state index contributed by atoms with van der Waals surface area (Å²) in [6.07, 6.45) is -4.09. The van der Waals surface area contributed by atoms with E-state index in [-0.39, 0.29) is 0 Å². The van der Waals surface area contributed by atoms with Crippen molar-refractivity contribution < 1.29 is 29.3 Å². The predicted molar refractivity (Wildman–Crippen MR) is 76.6 cm³/mol. The van der Waals surface area contributed by atoms with Gasteiger partial charge in [0.1, 0.15) is 24.4 Å². The van der Waals surface area contributed by atoms with E-state index in [1.54, 1.807) is 38.1 Å². The van der Waals surface area contributed by atoms with Gasteiger partial charge < -0.3 is 19.7 Å². The Bertz CT molecular complexity index is 667. The minimum absolute atomic E-state index is 0.292. The number of aliphatic hydroxyl groups is 2. The number of nitrogens with zero attached hydrogens (tertiary/aromatic N) is 1. The molecule has 1 aromatic rings. The van der Waals surface area contributed by atoms with Gasteiger partial charge in [0.05, 0.1) is 17.2 Å². The van der Waals surface area contributed by atoms with Crippen molar-refractivity contribution in [1.29, 1.82) is 0 Å². The molecule has 2 heterocycles. The zero-order valence-corrected chi connectivity index (χ0v) is 12.7. The summed E-state index contributed by atoms with van der Waals surface area (Å²) in [5.41, 5.74) is 0.585. The van der Waals surface area contributed by atoms with E-state index in [0.29, 0.717) is 11.1 Å². The van der Waals surface area contributed by atoms with Gasteiger partial charge in [-0.25, -0.2) is 0 Å². The Balaban J connectivity index is 1.74. The fourth-order valence-electron chi connectivity index (χ4n) is 3.71. The first-order valence-corrected chi connectivity index (χ1v) is 7.50. The van der Waals surface area contributed by atoms with Crippen LogP contribution >= 0.6 is 0 Å². The van der Waals surface area contributed by atoms with E-state index in [1.165, 1.54) is 0 Å². The van der Waals surface area contributed by atoms with Gasteiger partial charge in [-0.2, -0.15) is 0 Å². The SMILES string of the molecule is CC1(C)OC2C(O)C(O)C(N3C(=O)c4ccccc4C3=O)C2O1. The molecule has 122 valence electrons. The van der Waals surface area contributed by atoms with Gasteiger partial charge in [0.2, 0.25) is 0 Å². The fraction of sp³-hybridized carbons (Fsp3) is 0.500. The summed E-state index contributed by atoms with van der Waals surface area (Å²) in [5.74, 6) is -1.93. The molecule has 1 saturated heterocycles. The number of imide groups is 1. The van der Waals surface area contributed by atoms with Gasteiger partial charge in [-0.05, 0) is 26.0 Å². The van der Waals surface area contributed by atoms with Crippen molar-refractivity contribution in [1.82, 2.24) is 4.90 Å². The summed E-state index contributed by atoms with van der Waals surface area (Å²) >= 11 is 0. The zero-order chi connectivity index (χ0) is 16.5. The molecule has 0 bridgehead atoms. The van der Waals surface area contributed by atoms with Crippen LogP contribution in [-0.2, 0) is 9.47 Å². The molecule has 7 nitrogen and oxygen atoms in total. The average molecular weight is 319 g/mol. The number of amides is 2. The van der Waals surface area contributed by atoms with Crippen molar-refractivity contribution >= 4 is 11.8 Å². The van der Waals surface area contributed by atoms with Crippen molar-refractivity contribution in [3.63, 3.8) is 0 Å². The van der Waals surface area contributed by atoms with Crippen LogP contribution in [0.1, 0.15) is 34.6 Å². The number of benzene rings is 1. The van der Waals surface area contributed by atoms with Gasteiger partial charge in [0.15, 0.2) is 5.79 Å². The van der Waals surface area contributed by atoms with Gasteiger partial charge in [0.25, 0.3) is 11.8 Å². The van der Waals surface area contributed by atoms with E-state index < -0.39 is 48.1 Å². The average Bonchev–Trinajstić information content (AvgIpc) is 3.03. The van der Waals surface area contributed by atoms with E-state index in [9.17, 15) is 19.8 Å². The molecule has 1 aliphatic carbocycles. The lowest BCUT2D eigenvalue weighted by Gasteiger charge is -2.30. The third-order valence-electron chi connectivity index (χ3n) is 4.66. The number of carbonyl (C=O) groups is 2. The number of ether oxygens (including phenoxy) is 2. The van der Waals surface area contributed by atoms with E-state index in [4.69, 9.17) is 9.47 Å². The van der Waals surface area contributed by atoms with Crippen molar-refractivity contribution in [2.75, 3.05) is 0 Å². The number of carbonyl (C=O) groups excluding carboxylic acids is 2. The molecule has 1 saturated carbocycles.